The van der Waals surface area contributed by atoms with Crippen LogP contribution in [0.5, 0.6) is 0 Å². The summed E-state index contributed by atoms with van der Waals surface area (Å²) in [4.78, 5) is 10.4. The van der Waals surface area contributed by atoms with Crippen molar-refractivity contribution in [2.45, 2.75) is 6.92 Å². The number of amides is 1. The van der Waals surface area contributed by atoms with Crippen molar-refractivity contribution < 1.29 is 4.79 Å². The molecule has 0 aliphatic heterocycles. The maximum absolute atomic E-state index is 10.4. The fourth-order valence-corrected chi connectivity index (χ4v) is 0.995. The molecule has 0 saturated heterocycles. The highest BCUT2D eigenvalue weighted by Crippen LogP contribution is 2.04. The van der Waals surface area contributed by atoms with E-state index in [1.54, 1.807) is 12.2 Å². The van der Waals surface area contributed by atoms with Crippen molar-refractivity contribution in [2.75, 3.05) is 0 Å². The molecular formula is C12H13NO. The molecule has 1 aromatic carbocycles. The van der Waals surface area contributed by atoms with Crippen molar-refractivity contribution in [3.63, 3.8) is 0 Å². The number of aryl methyl sites for hydroxylation is 1. The van der Waals surface area contributed by atoms with Gasteiger partial charge in [0.2, 0.25) is 5.91 Å². The number of allylic oxidation sites excluding steroid dienone is 2. The number of hydrogen-bond donors (Lipinski definition) is 1. The van der Waals surface area contributed by atoms with Gasteiger partial charge in [0, 0.05) is 6.08 Å². The second-order valence-electron chi connectivity index (χ2n) is 3.03. The van der Waals surface area contributed by atoms with Crippen LogP contribution in [-0.2, 0) is 4.79 Å². The van der Waals surface area contributed by atoms with Crippen molar-refractivity contribution in [3.05, 3.63) is 53.6 Å². The largest absolute Gasteiger partial charge is 0.366 e. The lowest BCUT2D eigenvalue weighted by Crippen LogP contribution is -2.04. The smallest absolute Gasteiger partial charge is 0.241 e. The number of rotatable bonds is 3. The van der Waals surface area contributed by atoms with Gasteiger partial charge in [-0.2, -0.15) is 0 Å². The number of primary amides is 1. The van der Waals surface area contributed by atoms with Gasteiger partial charge in [-0.15, -0.1) is 0 Å². The molecule has 0 unspecified atom stereocenters. The van der Waals surface area contributed by atoms with E-state index in [1.807, 2.05) is 37.3 Å². The lowest BCUT2D eigenvalue weighted by Gasteiger charge is -1.92. The first kappa shape index (κ1) is 10.3. The van der Waals surface area contributed by atoms with Gasteiger partial charge in [-0.1, -0.05) is 48.1 Å². The number of benzene rings is 1. The molecule has 1 amide bonds. The lowest BCUT2D eigenvalue weighted by atomic mass is 10.1. The SMILES string of the molecule is Cc1ccc(/C=C/C=C/C(N)=O)cc1. The molecule has 2 N–H and O–H groups in total. The molecule has 72 valence electrons. The third kappa shape index (κ3) is 3.72. The van der Waals surface area contributed by atoms with Crippen molar-refractivity contribution in [2.24, 2.45) is 5.73 Å². The average Bonchev–Trinajstić information content (AvgIpc) is 2.15. The van der Waals surface area contributed by atoms with Crippen LogP contribution in [0.4, 0.5) is 0 Å². The predicted molar refractivity (Wildman–Crippen MR) is 58.5 cm³/mol. The summed E-state index contributed by atoms with van der Waals surface area (Å²) >= 11 is 0. The molecule has 1 aromatic rings. The molecule has 0 saturated carbocycles. The minimum Gasteiger partial charge on any atom is -0.366 e. The molecule has 0 bridgehead atoms. The molecule has 0 radical (unpaired) electrons. The second-order valence-corrected chi connectivity index (χ2v) is 3.03. The summed E-state index contributed by atoms with van der Waals surface area (Å²) in [7, 11) is 0. The topological polar surface area (TPSA) is 43.1 Å². The molecule has 0 aliphatic carbocycles. The zero-order valence-corrected chi connectivity index (χ0v) is 8.10. The Hall–Kier alpha value is -1.83. The Balaban J connectivity index is 2.60. The fraction of sp³-hybridized carbons (Fsp3) is 0.0833. The van der Waals surface area contributed by atoms with Crippen molar-refractivity contribution >= 4 is 12.0 Å². The number of nitrogens with two attached hydrogens (primary N) is 1. The van der Waals surface area contributed by atoms with Crippen LogP contribution in [0.1, 0.15) is 11.1 Å². The molecule has 0 aliphatic rings. The number of hydrogen-bond acceptors (Lipinski definition) is 1. The molecule has 0 atom stereocenters. The van der Waals surface area contributed by atoms with Gasteiger partial charge >= 0.3 is 0 Å². The summed E-state index contributed by atoms with van der Waals surface area (Å²) in [6.07, 6.45) is 6.65. The second kappa shape index (κ2) is 5.02. The quantitative estimate of drug-likeness (QED) is 0.571. The fourth-order valence-electron chi connectivity index (χ4n) is 0.995. The standard InChI is InChI=1S/C12H13NO/c1-10-6-8-11(9-7-10)4-2-3-5-12(13)14/h2-9H,1H3,(H2,13,14)/b4-2+,5-3+. The molecule has 2 heteroatoms. The third-order valence-electron chi connectivity index (χ3n) is 1.74. The van der Waals surface area contributed by atoms with Gasteiger partial charge < -0.3 is 5.73 Å². The Bertz CT molecular complexity index is 360. The van der Waals surface area contributed by atoms with Crippen LogP contribution in [0.15, 0.2) is 42.5 Å². The first-order chi connectivity index (χ1) is 6.68. The Morgan fingerprint density at radius 2 is 1.86 bits per heavy atom. The summed E-state index contributed by atoms with van der Waals surface area (Å²) < 4.78 is 0. The van der Waals surface area contributed by atoms with Gasteiger partial charge in [0.15, 0.2) is 0 Å². The maximum atomic E-state index is 10.4. The molecule has 0 aromatic heterocycles. The van der Waals surface area contributed by atoms with Crippen LogP contribution in [0.3, 0.4) is 0 Å². The van der Waals surface area contributed by atoms with E-state index < -0.39 is 5.91 Å². The monoisotopic (exact) mass is 187 g/mol. The van der Waals surface area contributed by atoms with Gasteiger partial charge in [0.1, 0.15) is 0 Å². The summed E-state index contributed by atoms with van der Waals surface area (Å²) in [5, 5.41) is 0. The zero-order chi connectivity index (χ0) is 10.4. The maximum Gasteiger partial charge on any atom is 0.241 e. The van der Waals surface area contributed by atoms with E-state index in [2.05, 4.69) is 0 Å². The van der Waals surface area contributed by atoms with E-state index in [-0.39, 0.29) is 0 Å². The predicted octanol–water partition coefficient (Wildman–Crippen LogP) is 2.05. The molecule has 0 heterocycles. The van der Waals surface area contributed by atoms with Gasteiger partial charge in [0.05, 0.1) is 0 Å². The molecular weight excluding hydrogens is 174 g/mol. The van der Waals surface area contributed by atoms with E-state index in [0.29, 0.717) is 0 Å². The van der Waals surface area contributed by atoms with Crippen molar-refractivity contribution in [1.82, 2.24) is 0 Å². The molecule has 0 fully saturated rings. The number of carbonyl (C=O) groups excluding carboxylic acids is 1. The summed E-state index contributed by atoms with van der Waals surface area (Å²) in [6, 6.07) is 8.11. The van der Waals surface area contributed by atoms with Crippen LogP contribution in [0.2, 0.25) is 0 Å². The van der Waals surface area contributed by atoms with Gasteiger partial charge in [-0.25, -0.2) is 0 Å². The summed E-state index contributed by atoms with van der Waals surface area (Å²) in [5.74, 6) is -0.432. The Morgan fingerprint density at radius 1 is 1.21 bits per heavy atom. The Kier molecular flexibility index (Phi) is 3.68. The summed E-state index contributed by atoms with van der Waals surface area (Å²) in [6.45, 7) is 2.04. The van der Waals surface area contributed by atoms with Crippen molar-refractivity contribution in [3.8, 4) is 0 Å². The first-order valence-electron chi connectivity index (χ1n) is 4.39. The minimum absolute atomic E-state index is 0.432. The van der Waals surface area contributed by atoms with Gasteiger partial charge in [0.25, 0.3) is 0 Å². The van der Waals surface area contributed by atoms with Gasteiger partial charge in [-0.05, 0) is 12.5 Å². The highest BCUT2D eigenvalue weighted by molar-refractivity contribution is 5.86. The van der Waals surface area contributed by atoms with E-state index >= 15 is 0 Å². The highest BCUT2D eigenvalue weighted by atomic mass is 16.1. The minimum atomic E-state index is -0.432. The highest BCUT2D eigenvalue weighted by Gasteiger charge is 1.84. The van der Waals surface area contributed by atoms with Gasteiger partial charge in [-0.3, -0.25) is 4.79 Å². The lowest BCUT2D eigenvalue weighted by molar-refractivity contribution is -0.113. The molecule has 2 nitrogen and oxygen atoms in total. The van der Waals surface area contributed by atoms with E-state index in [1.165, 1.54) is 11.6 Å². The average molecular weight is 187 g/mol. The van der Waals surface area contributed by atoms with E-state index in [9.17, 15) is 4.79 Å². The third-order valence-corrected chi connectivity index (χ3v) is 1.74. The normalized spacial score (nSPS) is 11.2. The van der Waals surface area contributed by atoms with Crippen LogP contribution in [0, 0.1) is 6.92 Å². The Labute approximate surface area is 83.7 Å². The molecule has 1 rings (SSSR count). The first-order valence-corrected chi connectivity index (χ1v) is 4.39. The number of carbonyl (C=O) groups is 1. The van der Waals surface area contributed by atoms with Crippen LogP contribution in [-0.4, -0.2) is 5.91 Å². The van der Waals surface area contributed by atoms with Crippen LogP contribution >= 0.6 is 0 Å². The zero-order valence-electron chi connectivity index (χ0n) is 8.10. The van der Waals surface area contributed by atoms with E-state index in [4.69, 9.17) is 5.73 Å². The molecule has 14 heavy (non-hydrogen) atoms. The summed E-state index contributed by atoms with van der Waals surface area (Å²) in [5.41, 5.74) is 7.27. The molecule has 0 spiro atoms. The van der Waals surface area contributed by atoms with E-state index in [0.717, 1.165) is 5.56 Å². The van der Waals surface area contributed by atoms with Crippen molar-refractivity contribution in [1.29, 1.82) is 0 Å². The van der Waals surface area contributed by atoms with Crippen LogP contribution in [0.25, 0.3) is 6.08 Å². The van der Waals surface area contributed by atoms with Crippen LogP contribution < -0.4 is 5.73 Å². The Morgan fingerprint density at radius 3 is 2.43 bits per heavy atom.